The van der Waals surface area contributed by atoms with Crippen LogP contribution in [0.5, 0.6) is 0 Å². The summed E-state index contributed by atoms with van der Waals surface area (Å²) in [6, 6.07) is 4.64. The molecule has 0 aliphatic carbocycles. The summed E-state index contributed by atoms with van der Waals surface area (Å²) in [6.45, 7) is 0. The van der Waals surface area contributed by atoms with Crippen LogP contribution in [0.2, 0.25) is 5.02 Å². The van der Waals surface area contributed by atoms with Crippen LogP contribution in [0, 0.1) is 5.82 Å². The third kappa shape index (κ3) is 2.04. The fourth-order valence-electron chi connectivity index (χ4n) is 1.17. The van der Waals surface area contributed by atoms with Crippen molar-refractivity contribution in [2.75, 3.05) is 11.1 Å². The molecular weight excluding hydrogens is 231 g/mol. The van der Waals surface area contributed by atoms with Gasteiger partial charge in [-0.05, 0) is 12.1 Å². The van der Waals surface area contributed by atoms with Crippen LogP contribution in [0.3, 0.4) is 0 Å². The van der Waals surface area contributed by atoms with Crippen molar-refractivity contribution in [1.82, 2.24) is 9.97 Å². The Labute approximate surface area is 96.3 Å². The normalized spacial score (nSPS) is 10.1. The van der Waals surface area contributed by atoms with Crippen molar-refractivity contribution in [2.24, 2.45) is 0 Å². The van der Waals surface area contributed by atoms with Gasteiger partial charge in [0.25, 0.3) is 0 Å². The molecule has 0 aliphatic heterocycles. The maximum absolute atomic E-state index is 13.5. The molecule has 0 fully saturated rings. The van der Waals surface area contributed by atoms with Gasteiger partial charge in [0, 0.05) is 0 Å². The summed E-state index contributed by atoms with van der Waals surface area (Å²) in [5, 5.41) is 2.79. The van der Waals surface area contributed by atoms with E-state index in [1.54, 1.807) is 12.1 Å². The second kappa shape index (κ2) is 4.32. The monoisotopic (exact) mass is 238 g/mol. The van der Waals surface area contributed by atoms with E-state index >= 15 is 0 Å². The van der Waals surface area contributed by atoms with E-state index in [1.807, 2.05) is 0 Å². The van der Waals surface area contributed by atoms with Gasteiger partial charge in [-0.1, -0.05) is 17.7 Å². The molecule has 0 amide bonds. The van der Waals surface area contributed by atoms with Crippen molar-refractivity contribution < 1.29 is 4.39 Å². The number of nitrogens with one attached hydrogen (secondary N) is 1. The number of hydrogen-bond donors (Lipinski definition) is 2. The number of hydrogen-bond acceptors (Lipinski definition) is 4. The van der Waals surface area contributed by atoms with Crippen LogP contribution in [-0.2, 0) is 0 Å². The number of benzene rings is 1. The first-order valence-electron chi connectivity index (χ1n) is 4.45. The zero-order chi connectivity index (χ0) is 11.5. The summed E-state index contributed by atoms with van der Waals surface area (Å²) in [7, 11) is 0. The zero-order valence-electron chi connectivity index (χ0n) is 8.11. The van der Waals surface area contributed by atoms with Crippen LogP contribution < -0.4 is 11.1 Å². The lowest BCUT2D eigenvalue weighted by Crippen LogP contribution is -2.01. The van der Waals surface area contributed by atoms with Crippen LogP contribution >= 0.6 is 11.6 Å². The number of rotatable bonds is 2. The predicted molar refractivity (Wildman–Crippen MR) is 61.1 cm³/mol. The minimum absolute atomic E-state index is 0.0395. The summed E-state index contributed by atoms with van der Waals surface area (Å²) in [4.78, 5) is 7.62. The lowest BCUT2D eigenvalue weighted by atomic mass is 10.3. The molecule has 0 saturated carbocycles. The van der Waals surface area contributed by atoms with E-state index < -0.39 is 5.82 Å². The molecule has 2 rings (SSSR count). The lowest BCUT2D eigenvalue weighted by Gasteiger charge is -2.08. The van der Waals surface area contributed by atoms with Crippen LogP contribution in [0.25, 0.3) is 0 Å². The molecule has 0 saturated heterocycles. The fourth-order valence-corrected chi connectivity index (χ4v) is 1.35. The molecule has 0 atom stereocenters. The number of nitrogens with two attached hydrogens (primary N) is 1. The van der Waals surface area contributed by atoms with Crippen LogP contribution in [-0.4, -0.2) is 9.97 Å². The molecule has 2 aromatic rings. The van der Waals surface area contributed by atoms with E-state index in [0.717, 1.165) is 0 Å². The Morgan fingerprint density at radius 1 is 1.38 bits per heavy atom. The molecule has 16 heavy (non-hydrogen) atoms. The summed E-state index contributed by atoms with van der Waals surface area (Å²) < 4.78 is 13.5. The second-order valence-corrected chi connectivity index (χ2v) is 3.46. The molecule has 0 bridgehead atoms. The van der Waals surface area contributed by atoms with E-state index in [2.05, 4.69) is 15.3 Å². The molecular formula is C10H8ClFN4. The van der Waals surface area contributed by atoms with Crippen molar-refractivity contribution in [3.05, 3.63) is 41.6 Å². The number of aromatic nitrogens is 2. The molecule has 82 valence electrons. The van der Waals surface area contributed by atoms with Crippen molar-refractivity contribution in [2.45, 2.75) is 0 Å². The van der Waals surface area contributed by atoms with Gasteiger partial charge in [-0.15, -0.1) is 0 Å². The molecule has 0 spiro atoms. The SMILES string of the molecule is Nc1cncnc1Nc1cccc(Cl)c1F. The van der Waals surface area contributed by atoms with Gasteiger partial charge in [-0.25, -0.2) is 14.4 Å². The Morgan fingerprint density at radius 2 is 2.19 bits per heavy atom. The maximum Gasteiger partial charge on any atom is 0.165 e. The molecule has 3 N–H and O–H groups in total. The lowest BCUT2D eigenvalue weighted by molar-refractivity contribution is 0.632. The fraction of sp³-hybridized carbons (Fsp3) is 0. The second-order valence-electron chi connectivity index (χ2n) is 3.05. The Bertz CT molecular complexity index is 518. The van der Waals surface area contributed by atoms with Crippen LogP contribution in [0.15, 0.2) is 30.7 Å². The number of anilines is 3. The molecule has 4 nitrogen and oxygen atoms in total. The highest BCUT2D eigenvalue weighted by molar-refractivity contribution is 6.31. The zero-order valence-corrected chi connectivity index (χ0v) is 8.87. The Hall–Kier alpha value is -1.88. The molecule has 1 aromatic heterocycles. The third-order valence-corrected chi connectivity index (χ3v) is 2.24. The van der Waals surface area contributed by atoms with Gasteiger partial charge in [0.05, 0.1) is 22.6 Å². The van der Waals surface area contributed by atoms with Gasteiger partial charge in [0.15, 0.2) is 11.6 Å². The first-order chi connectivity index (χ1) is 7.68. The standard InChI is InChI=1S/C10H8ClFN4/c11-6-2-1-3-8(9(6)12)16-10-7(13)4-14-5-15-10/h1-5H,13H2,(H,14,15,16). The van der Waals surface area contributed by atoms with E-state index in [1.165, 1.54) is 18.6 Å². The largest absolute Gasteiger partial charge is 0.394 e. The number of nitrogens with zero attached hydrogens (tertiary/aromatic N) is 2. The van der Waals surface area contributed by atoms with E-state index in [4.69, 9.17) is 17.3 Å². The summed E-state index contributed by atoms with van der Waals surface area (Å²) in [6.07, 6.45) is 2.75. The van der Waals surface area contributed by atoms with Gasteiger partial charge >= 0.3 is 0 Å². The van der Waals surface area contributed by atoms with Gasteiger partial charge in [0.1, 0.15) is 6.33 Å². The predicted octanol–water partition coefficient (Wildman–Crippen LogP) is 2.59. The average Bonchev–Trinajstić information content (AvgIpc) is 2.28. The first kappa shape index (κ1) is 10.6. The summed E-state index contributed by atoms with van der Waals surface area (Å²) >= 11 is 5.64. The molecule has 0 radical (unpaired) electrons. The summed E-state index contributed by atoms with van der Waals surface area (Å²) in [5.41, 5.74) is 6.17. The van der Waals surface area contributed by atoms with Gasteiger partial charge in [-0.2, -0.15) is 0 Å². The highest BCUT2D eigenvalue weighted by atomic mass is 35.5. The maximum atomic E-state index is 13.5. The van der Waals surface area contributed by atoms with E-state index in [-0.39, 0.29) is 10.7 Å². The summed E-state index contributed by atoms with van der Waals surface area (Å²) in [5.74, 6) is -0.196. The van der Waals surface area contributed by atoms with E-state index in [9.17, 15) is 4.39 Å². The molecule has 1 aromatic carbocycles. The number of halogens is 2. The van der Waals surface area contributed by atoms with Crippen LogP contribution in [0.4, 0.5) is 21.6 Å². The molecule has 1 heterocycles. The minimum Gasteiger partial charge on any atom is -0.394 e. The highest BCUT2D eigenvalue weighted by Gasteiger charge is 2.08. The van der Waals surface area contributed by atoms with Crippen LogP contribution in [0.1, 0.15) is 0 Å². The topological polar surface area (TPSA) is 63.8 Å². The third-order valence-electron chi connectivity index (χ3n) is 1.95. The minimum atomic E-state index is -0.540. The molecule has 0 aliphatic rings. The van der Waals surface area contributed by atoms with Crippen molar-refractivity contribution in [3.8, 4) is 0 Å². The first-order valence-corrected chi connectivity index (χ1v) is 4.83. The van der Waals surface area contributed by atoms with Gasteiger partial charge < -0.3 is 11.1 Å². The Morgan fingerprint density at radius 3 is 2.94 bits per heavy atom. The van der Waals surface area contributed by atoms with Crippen molar-refractivity contribution in [1.29, 1.82) is 0 Å². The smallest absolute Gasteiger partial charge is 0.165 e. The van der Waals surface area contributed by atoms with E-state index in [0.29, 0.717) is 11.5 Å². The van der Waals surface area contributed by atoms with Crippen molar-refractivity contribution >= 4 is 28.8 Å². The number of nitrogen functional groups attached to an aromatic ring is 1. The van der Waals surface area contributed by atoms with Crippen molar-refractivity contribution in [3.63, 3.8) is 0 Å². The highest BCUT2D eigenvalue weighted by Crippen LogP contribution is 2.26. The molecule has 0 unspecified atom stereocenters. The molecule has 6 heteroatoms. The van der Waals surface area contributed by atoms with Gasteiger partial charge in [-0.3, -0.25) is 0 Å². The Balaban J connectivity index is 2.35. The van der Waals surface area contributed by atoms with Gasteiger partial charge in [0.2, 0.25) is 0 Å². The average molecular weight is 239 g/mol. The Kier molecular flexibility index (Phi) is 2.87. The quantitative estimate of drug-likeness (QED) is 0.844.